The van der Waals surface area contributed by atoms with E-state index in [1.807, 2.05) is 25.4 Å². The van der Waals surface area contributed by atoms with Gasteiger partial charge in [-0.25, -0.2) is 8.78 Å². The highest BCUT2D eigenvalue weighted by molar-refractivity contribution is 5.21. The Bertz CT molecular complexity index is 500. The molecule has 0 unspecified atom stereocenters. The fourth-order valence-electron chi connectivity index (χ4n) is 1.83. The molecule has 96 valence electrons. The zero-order valence-electron chi connectivity index (χ0n) is 10.3. The standard InChI is InChI=1S/C14H16F2N2/c1-2-17-8-11-6-7-18(9-11)10-12-13(15)4-3-5-14(12)16/h3-7,9,17H,2,8,10H2,1H3. The smallest absolute Gasteiger partial charge is 0.131 e. The summed E-state index contributed by atoms with van der Waals surface area (Å²) in [4.78, 5) is 0. The third kappa shape index (κ3) is 2.96. The first-order valence-electron chi connectivity index (χ1n) is 5.99. The molecule has 2 rings (SSSR count). The maximum absolute atomic E-state index is 13.5. The fourth-order valence-corrected chi connectivity index (χ4v) is 1.83. The molecule has 0 spiro atoms. The number of nitrogens with zero attached hydrogens (tertiary/aromatic N) is 1. The van der Waals surface area contributed by atoms with Gasteiger partial charge in [-0.05, 0) is 30.3 Å². The normalized spacial score (nSPS) is 10.8. The average molecular weight is 250 g/mol. The molecule has 2 nitrogen and oxygen atoms in total. The summed E-state index contributed by atoms with van der Waals surface area (Å²) in [6, 6.07) is 5.88. The molecule has 1 N–H and O–H groups in total. The van der Waals surface area contributed by atoms with Crippen molar-refractivity contribution in [1.29, 1.82) is 0 Å². The van der Waals surface area contributed by atoms with Gasteiger partial charge in [0.1, 0.15) is 11.6 Å². The van der Waals surface area contributed by atoms with Crippen LogP contribution in [-0.4, -0.2) is 11.1 Å². The van der Waals surface area contributed by atoms with Crippen LogP contribution in [0, 0.1) is 11.6 Å². The van der Waals surface area contributed by atoms with Gasteiger partial charge in [0.2, 0.25) is 0 Å². The molecule has 0 saturated carbocycles. The molecule has 0 saturated heterocycles. The monoisotopic (exact) mass is 250 g/mol. The van der Waals surface area contributed by atoms with E-state index in [0.29, 0.717) is 0 Å². The Hall–Kier alpha value is -1.68. The molecule has 1 heterocycles. The van der Waals surface area contributed by atoms with Gasteiger partial charge in [-0.15, -0.1) is 0 Å². The quantitative estimate of drug-likeness (QED) is 0.863. The minimum absolute atomic E-state index is 0.100. The molecule has 0 aliphatic heterocycles. The molecule has 4 heteroatoms. The largest absolute Gasteiger partial charge is 0.349 e. The van der Waals surface area contributed by atoms with Gasteiger partial charge in [-0.1, -0.05) is 13.0 Å². The number of hydrogen-bond acceptors (Lipinski definition) is 1. The zero-order valence-corrected chi connectivity index (χ0v) is 10.3. The molecular formula is C14H16F2N2. The van der Waals surface area contributed by atoms with Gasteiger partial charge >= 0.3 is 0 Å². The van der Waals surface area contributed by atoms with E-state index in [0.717, 1.165) is 18.7 Å². The van der Waals surface area contributed by atoms with Crippen molar-refractivity contribution in [2.24, 2.45) is 0 Å². The number of rotatable bonds is 5. The highest BCUT2D eigenvalue weighted by Gasteiger charge is 2.08. The number of halogens is 2. The maximum Gasteiger partial charge on any atom is 0.131 e. The first-order valence-corrected chi connectivity index (χ1v) is 5.99. The second kappa shape index (κ2) is 5.78. The summed E-state index contributed by atoms with van der Waals surface area (Å²) in [6.07, 6.45) is 3.73. The van der Waals surface area contributed by atoms with Gasteiger partial charge in [-0.3, -0.25) is 0 Å². The van der Waals surface area contributed by atoms with Gasteiger partial charge in [0, 0.05) is 24.5 Å². The summed E-state index contributed by atoms with van der Waals surface area (Å²) >= 11 is 0. The van der Waals surface area contributed by atoms with Crippen molar-refractivity contribution in [3.63, 3.8) is 0 Å². The molecule has 0 amide bonds. The molecule has 2 aromatic rings. The zero-order chi connectivity index (χ0) is 13.0. The molecule has 0 aliphatic rings. The van der Waals surface area contributed by atoms with Crippen molar-refractivity contribution in [3.05, 3.63) is 59.4 Å². The van der Waals surface area contributed by atoms with Crippen LogP contribution < -0.4 is 5.32 Å². The third-order valence-corrected chi connectivity index (χ3v) is 2.79. The van der Waals surface area contributed by atoms with Crippen molar-refractivity contribution in [2.45, 2.75) is 20.0 Å². The van der Waals surface area contributed by atoms with Crippen LogP contribution in [0.25, 0.3) is 0 Å². The van der Waals surface area contributed by atoms with Crippen LogP contribution in [0.2, 0.25) is 0 Å². The summed E-state index contributed by atoms with van der Waals surface area (Å²) in [7, 11) is 0. The Balaban J connectivity index is 2.11. The van der Waals surface area contributed by atoms with Crippen molar-refractivity contribution in [3.8, 4) is 0 Å². The van der Waals surface area contributed by atoms with E-state index in [1.165, 1.54) is 18.2 Å². The molecule has 18 heavy (non-hydrogen) atoms. The average Bonchev–Trinajstić information content (AvgIpc) is 2.79. The summed E-state index contributed by atoms with van der Waals surface area (Å²) < 4.78 is 28.7. The van der Waals surface area contributed by atoms with Gasteiger partial charge in [0.25, 0.3) is 0 Å². The Labute approximate surface area is 105 Å². The predicted molar refractivity (Wildman–Crippen MR) is 67.3 cm³/mol. The van der Waals surface area contributed by atoms with Crippen LogP contribution in [-0.2, 0) is 13.1 Å². The lowest BCUT2D eigenvalue weighted by Crippen LogP contribution is -2.11. The van der Waals surface area contributed by atoms with Crippen molar-refractivity contribution in [1.82, 2.24) is 9.88 Å². The van der Waals surface area contributed by atoms with Crippen LogP contribution in [0.3, 0.4) is 0 Å². The van der Waals surface area contributed by atoms with E-state index in [9.17, 15) is 8.78 Å². The topological polar surface area (TPSA) is 17.0 Å². The molecular weight excluding hydrogens is 234 g/mol. The van der Waals surface area contributed by atoms with Gasteiger partial charge in [0.15, 0.2) is 0 Å². The van der Waals surface area contributed by atoms with Crippen molar-refractivity contribution >= 4 is 0 Å². The number of benzene rings is 1. The summed E-state index contributed by atoms with van der Waals surface area (Å²) in [5, 5.41) is 3.20. The SMILES string of the molecule is CCNCc1ccn(Cc2c(F)cccc2F)c1. The highest BCUT2D eigenvalue weighted by atomic mass is 19.1. The molecule has 0 fully saturated rings. The fraction of sp³-hybridized carbons (Fsp3) is 0.286. The number of nitrogens with one attached hydrogen (secondary N) is 1. The molecule has 0 aliphatic carbocycles. The highest BCUT2D eigenvalue weighted by Crippen LogP contribution is 2.14. The van der Waals surface area contributed by atoms with Crippen LogP contribution in [0.1, 0.15) is 18.1 Å². The maximum atomic E-state index is 13.5. The minimum Gasteiger partial charge on any atom is -0.349 e. The molecule has 1 aromatic carbocycles. The first kappa shape index (κ1) is 12.8. The first-order chi connectivity index (χ1) is 8.70. The predicted octanol–water partition coefficient (Wildman–Crippen LogP) is 2.92. The van der Waals surface area contributed by atoms with Crippen LogP contribution in [0.15, 0.2) is 36.7 Å². The van der Waals surface area contributed by atoms with E-state index in [4.69, 9.17) is 0 Å². The minimum atomic E-state index is -0.503. The summed E-state index contributed by atoms with van der Waals surface area (Å²) in [6.45, 7) is 3.91. The molecule has 0 radical (unpaired) electrons. The lowest BCUT2D eigenvalue weighted by atomic mass is 10.2. The Kier molecular flexibility index (Phi) is 4.10. The summed E-state index contributed by atoms with van der Waals surface area (Å²) in [5.41, 5.74) is 1.21. The van der Waals surface area contributed by atoms with E-state index >= 15 is 0 Å². The number of aromatic nitrogens is 1. The van der Waals surface area contributed by atoms with Gasteiger partial charge in [0.05, 0.1) is 6.54 Å². The van der Waals surface area contributed by atoms with E-state index in [1.54, 1.807) is 4.57 Å². The third-order valence-electron chi connectivity index (χ3n) is 2.79. The van der Waals surface area contributed by atoms with E-state index in [2.05, 4.69) is 5.32 Å². The van der Waals surface area contributed by atoms with Gasteiger partial charge in [-0.2, -0.15) is 0 Å². The van der Waals surface area contributed by atoms with E-state index in [-0.39, 0.29) is 12.1 Å². The van der Waals surface area contributed by atoms with Gasteiger partial charge < -0.3 is 9.88 Å². The molecule has 1 aromatic heterocycles. The van der Waals surface area contributed by atoms with Crippen LogP contribution in [0.5, 0.6) is 0 Å². The Morgan fingerprint density at radius 2 is 1.89 bits per heavy atom. The van der Waals surface area contributed by atoms with E-state index < -0.39 is 11.6 Å². The lowest BCUT2D eigenvalue weighted by molar-refractivity contribution is 0.544. The summed E-state index contributed by atoms with van der Waals surface area (Å²) in [5.74, 6) is -1.01. The van der Waals surface area contributed by atoms with Crippen LogP contribution >= 0.6 is 0 Å². The molecule has 0 bridgehead atoms. The number of hydrogen-bond donors (Lipinski definition) is 1. The van der Waals surface area contributed by atoms with Crippen LogP contribution in [0.4, 0.5) is 8.78 Å². The Morgan fingerprint density at radius 3 is 2.56 bits per heavy atom. The Morgan fingerprint density at radius 1 is 1.17 bits per heavy atom. The van der Waals surface area contributed by atoms with Crippen molar-refractivity contribution < 1.29 is 8.78 Å². The van der Waals surface area contributed by atoms with Crippen molar-refractivity contribution in [2.75, 3.05) is 6.54 Å². The molecule has 0 atom stereocenters. The second-order valence-electron chi connectivity index (χ2n) is 4.17. The lowest BCUT2D eigenvalue weighted by Gasteiger charge is -2.06. The second-order valence-corrected chi connectivity index (χ2v) is 4.17.